The zero-order valence-electron chi connectivity index (χ0n) is 15.7. The number of nitrogens with one attached hydrogen (secondary N) is 2. The molecule has 0 bridgehead atoms. The van der Waals surface area contributed by atoms with Crippen molar-refractivity contribution in [2.75, 3.05) is 19.6 Å². The Morgan fingerprint density at radius 3 is 2.65 bits per heavy atom. The zero-order valence-corrected chi connectivity index (χ0v) is 15.7. The van der Waals surface area contributed by atoms with Crippen molar-refractivity contribution in [2.45, 2.75) is 51.5 Å². The molecule has 3 N–H and O–H groups in total. The molecule has 1 aliphatic heterocycles. The van der Waals surface area contributed by atoms with Gasteiger partial charge in [-0.1, -0.05) is 13.0 Å². The van der Waals surface area contributed by atoms with Gasteiger partial charge >= 0.3 is 0 Å². The molecular weight excluding hydrogens is 330 g/mol. The van der Waals surface area contributed by atoms with E-state index >= 15 is 0 Å². The molecule has 26 heavy (non-hydrogen) atoms. The summed E-state index contributed by atoms with van der Waals surface area (Å²) in [5.41, 5.74) is 4.44. The number of amides is 2. The van der Waals surface area contributed by atoms with Crippen molar-refractivity contribution in [1.29, 1.82) is 0 Å². The Morgan fingerprint density at radius 1 is 1.27 bits per heavy atom. The zero-order chi connectivity index (χ0) is 18.7. The molecule has 2 aliphatic rings. The van der Waals surface area contributed by atoms with E-state index in [1.807, 2.05) is 18.2 Å². The molecule has 1 atom stereocenters. The number of rotatable bonds is 4. The van der Waals surface area contributed by atoms with Crippen molar-refractivity contribution >= 4 is 11.8 Å². The Hall–Kier alpha value is -1.92. The Bertz CT molecular complexity index is 681. The van der Waals surface area contributed by atoms with Crippen molar-refractivity contribution in [3.05, 3.63) is 34.9 Å². The van der Waals surface area contributed by atoms with Crippen molar-refractivity contribution in [2.24, 2.45) is 5.92 Å². The topological polar surface area (TPSA) is 81.7 Å². The highest BCUT2D eigenvalue weighted by molar-refractivity contribution is 5.95. The molecule has 1 saturated heterocycles. The van der Waals surface area contributed by atoms with E-state index in [0.717, 1.165) is 50.9 Å². The molecule has 3 rings (SSSR count). The van der Waals surface area contributed by atoms with Gasteiger partial charge in [0.1, 0.15) is 0 Å². The van der Waals surface area contributed by atoms with E-state index in [1.165, 1.54) is 5.56 Å². The predicted molar refractivity (Wildman–Crippen MR) is 99.1 cm³/mol. The molecule has 0 saturated carbocycles. The Labute approximate surface area is 154 Å². The maximum absolute atomic E-state index is 12.8. The Kier molecular flexibility index (Phi) is 5.63. The molecule has 1 heterocycles. The summed E-state index contributed by atoms with van der Waals surface area (Å²) in [7, 11) is 0. The average Bonchev–Trinajstić information content (AvgIpc) is 2.66. The predicted octanol–water partition coefficient (Wildman–Crippen LogP) is 1.90. The maximum Gasteiger partial charge on any atom is 0.251 e. The van der Waals surface area contributed by atoms with Crippen LogP contribution in [0.15, 0.2) is 18.2 Å². The first-order chi connectivity index (χ1) is 12.4. The fraction of sp³-hybridized carbons (Fsp3) is 0.600. The summed E-state index contributed by atoms with van der Waals surface area (Å²) in [5.74, 6) is -0.628. The molecule has 0 radical (unpaired) electrons. The molecule has 1 aliphatic carbocycles. The molecule has 1 unspecified atom stereocenters. The Morgan fingerprint density at radius 2 is 2.00 bits per heavy atom. The van der Waals surface area contributed by atoms with Crippen LogP contribution >= 0.6 is 0 Å². The minimum atomic E-state index is -0.347. The second-order valence-corrected chi connectivity index (χ2v) is 7.85. The van der Waals surface area contributed by atoms with Gasteiger partial charge in [-0.15, -0.1) is 0 Å². The van der Waals surface area contributed by atoms with Gasteiger partial charge in [0.25, 0.3) is 5.91 Å². The minimum absolute atomic E-state index is 0.0472. The molecule has 1 aromatic carbocycles. The van der Waals surface area contributed by atoms with E-state index in [1.54, 1.807) is 5.48 Å². The first kappa shape index (κ1) is 18.9. The second-order valence-electron chi connectivity index (χ2n) is 7.85. The first-order valence-corrected chi connectivity index (χ1v) is 9.55. The molecule has 0 spiro atoms. The molecule has 2 amide bonds. The van der Waals surface area contributed by atoms with Crippen LogP contribution in [-0.4, -0.2) is 47.1 Å². The normalized spacial score (nSPS) is 22.3. The van der Waals surface area contributed by atoms with Crippen LogP contribution in [0.1, 0.15) is 54.6 Å². The van der Waals surface area contributed by atoms with Gasteiger partial charge < -0.3 is 10.2 Å². The van der Waals surface area contributed by atoms with Crippen molar-refractivity contribution in [3.8, 4) is 0 Å². The summed E-state index contributed by atoms with van der Waals surface area (Å²) in [6, 6.07) is 5.79. The van der Waals surface area contributed by atoms with E-state index in [2.05, 4.69) is 24.1 Å². The summed E-state index contributed by atoms with van der Waals surface area (Å²) in [6.07, 6.45) is 3.98. The van der Waals surface area contributed by atoms with Crippen molar-refractivity contribution in [3.63, 3.8) is 0 Å². The number of aryl methyl sites for hydroxylation is 1. The van der Waals surface area contributed by atoms with Gasteiger partial charge in [0.15, 0.2) is 0 Å². The third kappa shape index (κ3) is 4.07. The number of piperidine rings is 1. The number of carbonyl (C=O) groups excluding carboxylic acids is 2. The number of benzene rings is 1. The number of nitrogens with zero attached hydrogens (tertiary/aromatic N) is 1. The lowest BCUT2D eigenvalue weighted by Gasteiger charge is -2.39. The van der Waals surface area contributed by atoms with Crippen LogP contribution in [0.4, 0.5) is 0 Å². The van der Waals surface area contributed by atoms with Crippen LogP contribution in [0.5, 0.6) is 0 Å². The third-order valence-corrected chi connectivity index (χ3v) is 6.00. The number of hydrogen-bond acceptors (Lipinski definition) is 4. The lowest BCUT2D eigenvalue weighted by molar-refractivity contribution is -0.133. The SMILES string of the molecule is CCN1CCC(C)(NC(=O)c2ccc3c(c2)CC(C(=O)NO)CC3)CC1. The molecular formula is C20H29N3O3. The van der Waals surface area contributed by atoms with Gasteiger partial charge in [0.05, 0.1) is 0 Å². The number of carbonyl (C=O) groups is 2. The first-order valence-electron chi connectivity index (χ1n) is 9.55. The smallest absolute Gasteiger partial charge is 0.251 e. The summed E-state index contributed by atoms with van der Waals surface area (Å²) in [5, 5.41) is 12.1. The summed E-state index contributed by atoms with van der Waals surface area (Å²) < 4.78 is 0. The summed E-state index contributed by atoms with van der Waals surface area (Å²) >= 11 is 0. The maximum atomic E-state index is 12.8. The third-order valence-electron chi connectivity index (χ3n) is 6.00. The monoisotopic (exact) mass is 359 g/mol. The van der Waals surface area contributed by atoms with Crippen LogP contribution < -0.4 is 10.8 Å². The number of hydrogen-bond donors (Lipinski definition) is 3. The van der Waals surface area contributed by atoms with E-state index in [9.17, 15) is 9.59 Å². The lowest BCUT2D eigenvalue weighted by atomic mass is 9.82. The molecule has 1 fully saturated rings. The van der Waals surface area contributed by atoms with E-state index in [4.69, 9.17) is 5.21 Å². The van der Waals surface area contributed by atoms with E-state index < -0.39 is 0 Å². The van der Waals surface area contributed by atoms with Gasteiger partial charge in [-0.05, 0) is 68.8 Å². The fourth-order valence-electron chi connectivity index (χ4n) is 4.05. The standard InChI is InChI=1S/C20H29N3O3/c1-3-23-10-8-20(2,9-11-23)21-18(24)15-6-4-14-5-7-16(19(25)22-26)13-17(14)12-15/h4,6,12,16,26H,3,5,7-11,13H2,1-2H3,(H,21,24)(H,22,25). The van der Waals surface area contributed by atoms with Gasteiger partial charge in [-0.25, -0.2) is 5.48 Å². The van der Waals surface area contributed by atoms with Crippen LogP contribution in [0, 0.1) is 5.92 Å². The highest BCUT2D eigenvalue weighted by Crippen LogP contribution is 2.27. The highest BCUT2D eigenvalue weighted by atomic mass is 16.5. The minimum Gasteiger partial charge on any atom is -0.347 e. The van der Waals surface area contributed by atoms with Crippen molar-refractivity contribution < 1.29 is 14.8 Å². The van der Waals surface area contributed by atoms with Gasteiger partial charge in [0.2, 0.25) is 5.91 Å². The van der Waals surface area contributed by atoms with Gasteiger partial charge in [0, 0.05) is 30.1 Å². The van der Waals surface area contributed by atoms with Crippen LogP contribution in [-0.2, 0) is 17.6 Å². The van der Waals surface area contributed by atoms with E-state index in [-0.39, 0.29) is 23.3 Å². The average molecular weight is 359 g/mol. The lowest BCUT2D eigenvalue weighted by Crippen LogP contribution is -2.53. The Balaban J connectivity index is 1.68. The molecule has 142 valence electrons. The molecule has 1 aromatic rings. The molecule has 6 nitrogen and oxygen atoms in total. The largest absolute Gasteiger partial charge is 0.347 e. The summed E-state index contributed by atoms with van der Waals surface area (Å²) in [6.45, 7) is 7.36. The number of hydroxylamine groups is 1. The van der Waals surface area contributed by atoms with Gasteiger partial charge in [-0.2, -0.15) is 0 Å². The molecule has 0 aromatic heterocycles. The van der Waals surface area contributed by atoms with Crippen LogP contribution in [0.3, 0.4) is 0 Å². The van der Waals surface area contributed by atoms with Gasteiger partial charge in [-0.3, -0.25) is 14.8 Å². The fourth-order valence-corrected chi connectivity index (χ4v) is 4.05. The molecule has 6 heteroatoms. The number of likely N-dealkylation sites (tertiary alicyclic amines) is 1. The highest BCUT2D eigenvalue weighted by Gasteiger charge is 2.31. The second kappa shape index (κ2) is 7.76. The van der Waals surface area contributed by atoms with Crippen LogP contribution in [0.2, 0.25) is 0 Å². The quantitative estimate of drug-likeness (QED) is 0.566. The van der Waals surface area contributed by atoms with E-state index in [0.29, 0.717) is 12.0 Å². The number of fused-ring (bicyclic) bond motifs is 1. The summed E-state index contributed by atoms with van der Waals surface area (Å²) in [4.78, 5) is 26.9. The van der Waals surface area contributed by atoms with Crippen LogP contribution in [0.25, 0.3) is 0 Å². The van der Waals surface area contributed by atoms with Crippen molar-refractivity contribution in [1.82, 2.24) is 15.7 Å².